The van der Waals surface area contributed by atoms with Crippen LogP contribution in [-0.4, -0.2) is 11.7 Å². The van der Waals surface area contributed by atoms with Crippen LogP contribution in [-0.2, 0) is 13.0 Å². The molecule has 1 aliphatic heterocycles. The first-order chi connectivity index (χ1) is 9.34. The first-order valence-corrected chi connectivity index (χ1v) is 6.60. The van der Waals surface area contributed by atoms with Crippen LogP contribution in [0.4, 0.5) is 5.69 Å². The minimum atomic E-state index is 0.186. The van der Waals surface area contributed by atoms with E-state index in [1.165, 1.54) is 16.8 Å². The summed E-state index contributed by atoms with van der Waals surface area (Å²) in [4.78, 5) is 0. The van der Waals surface area contributed by atoms with E-state index >= 15 is 0 Å². The zero-order valence-electron chi connectivity index (χ0n) is 10.7. The number of phenols is 1. The maximum absolute atomic E-state index is 9.69. The van der Waals surface area contributed by atoms with Gasteiger partial charge in [-0.1, -0.05) is 24.3 Å². The Kier molecular flexibility index (Phi) is 3.27. The number of hydrogen-bond donors (Lipinski definition) is 2. The molecule has 0 saturated carbocycles. The first kappa shape index (κ1) is 11.9. The molecule has 0 amide bonds. The molecule has 0 saturated heterocycles. The molecule has 0 unspecified atom stereocenters. The lowest BCUT2D eigenvalue weighted by Gasteiger charge is -2.21. The fraction of sp³-hybridized carbons (Fsp3) is 0.250. The number of benzene rings is 2. The second kappa shape index (κ2) is 5.22. The molecule has 2 N–H and O–H groups in total. The van der Waals surface area contributed by atoms with E-state index in [9.17, 15) is 5.11 Å². The smallest absolute Gasteiger partial charge is 0.161 e. The average molecular weight is 255 g/mol. The standard InChI is InChI=1S/C16H17NO2/c18-15-8-1-2-9-16(15)19-11-12-5-3-7-14-13(12)6-4-10-17-14/h1-3,5,7-9,17-18H,4,6,10-11H2. The molecule has 0 radical (unpaired) electrons. The van der Waals surface area contributed by atoms with Crippen molar-refractivity contribution in [1.29, 1.82) is 0 Å². The van der Waals surface area contributed by atoms with E-state index in [-0.39, 0.29) is 5.75 Å². The molecule has 0 aliphatic carbocycles. The van der Waals surface area contributed by atoms with E-state index in [2.05, 4.69) is 17.4 Å². The molecule has 1 heterocycles. The number of nitrogens with one attached hydrogen (secondary N) is 1. The Balaban J connectivity index is 1.79. The maximum atomic E-state index is 9.69. The lowest BCUT2D eigenvalue weighted by Crippen LogP contribution is -2.14. The van der Waals surface area contributed by atoms with Crippen molar-refractivity contribution >= 4 is 5.69 Å². The van der Waals surface area contributed by atoms with Crippen LogP contribution in [0.15, 0.2) is 42.5 Å². The molecule has 2 aromatic rings. The van der Waals surface area contributed by atoms with Gasteiger partial charge in [0.15, 0.2) is 11.5 Å². The predicted octanol–water partition coefficient (Wildman–Crippen LogP) is 3.33. The molecule has 19 heavy (non-hydrogen) atoms. The van der Waals surface area contributed by atoms with Crippen molar-refractivity contribution in [2.45, 2.75) is 19.4 Å². The van der Waals surface area contributed by atoms with E-state index < -0.39 is 0 Å². The van der Waals surface area contributed by atoms with Crippen LogP contribution in [0.25, 0.3) is 0 Å². The summed E-state index contributed by atoms with van der Waals surface area (Å²) in [6, 6.07) is 13.3. The van der Waals surface area contributed by atoms with Crippen LogP contribution in [0.1, 0.15) is 17.5 Å². The third-order valence-corrected chi connectivity index (χ3v) is 3.44. The van der Waals surface area contributed by atoms with Crippen molar-refractivity contribution in [3.8, 4) is 11.5 Å². The summed E-state index contributed by atoms with van der Waals surface area (Å²) in [6.07, 6.45) is 2.24. The largest absolute Gasteiger partial charge is 0.504 e. The summed E-state index contributed by atoms with van der Waals surface area (Å²) in [5, 5.41) is 13.1. The van der Waals surface area contributed by atoms with Crippen LogP contribution >= 0.6 is 0 Å². The molecule has 3 heteroatoms. The molecule has 0 bridgehead atoms. The quantitative estimate of drug-likeness (QED) is 0.884. The third-order valence-electron chi connectivity index (χ3n) is 3.44. The van der Waals surface area contributed by atoms with Crippen molar-refractivity contribution in [1.82, 2.24) is 0 Å². The second-order valence-electron chi connectivity index (χ2n) is 4.73. The van der Waals surface area contributed by atoms with Crippen LogP contribution < -0.4 is 10.1 Å². The molecular formula is C16H17NO2. The van der Waals surface area contributed by atoms with E-state index in [0.29, 0.717) is 12.4 Å². The lowest BCUT2D eigenvalue weighted by molar-refractivity contribution is 0.288. The number of rotatable bonds is 3. The molecule has 0 atom stereocenters. The Bertz CT molecular complexity index is 581. The highest BCUT2D eigenvalue weighted by Gasteiger charge is 2.12. The minimum Gasteiger partial charge on any atom is -0.504 e. The van der Waals surface area contributed by atoms with Gasteiger partial charge >= 0.3 is 0 Å². The zero-order valence-corrected chi connectivity index (χ0v) is 10.7. The van der Waals surface area contributed by atoms with E-state index in [4.69, 9.17) is 4.74 Å². The van der Waals surface area contributed by atoms with Gasteiger partial charge in [-0.2, -0.15) is 0 Å². The van der Waals surface area contributed by atoms with Crippen molar-refractivity contribution in [3.05, 3.63) is 53.6 Å². The van der Waals surface area contributed by atoms with Gasteiger partial charge in [-0.05, 0) is 42.2 Å². The van der Waals surface area contributed by atoms with Gasteiger partial charge in [-0.25, -0.2) is 0 Å². The lowest BCUT2D eigenvalue weighted by atomic mass is 9.98. The number of ether oxygens (including phenoxy) is 1. The van der Waals surface area contributed by atoms with Crippen LogP contribution in [0, 0.1) is 0 Å². The SMILES string of the molecule is Oc1ccccc1OCc1cccc2c1CCCN2. The Morgan fingerprint density at radius 1 is 1.11 bits per heavy atom. The molecule has 0 aromatic heterocycles. The van der Waals surface area contributed by atoms with E-state index in [0.717, 1.165) is 19.4 Å². The number of hydrogen-bond acceptors (Lipinski definition) is 3. The number of aromatic hydroxyl groups is 1. The van der Waals surface area contributed by atoms with Crippen LogP contribution in [0.2, 0.25) is 0 Å². The normalized spacial score (nSPS) is 13.5. The molecule has 0 spiro atoms. The topological polar surface area (TPSA) is 41.5 Å². The highest BCUT2D eigenvalue weighted by Crippen LogP contribution is 2.29. The zero-order chi connectivity index (χ0) is 13.1. The van der Waals surface area contributed by atoms with Gasteiger partial charge in [0.05, 0.1) is 0 Å². The molecule has 98 valence electrons. The fourth-order valence-corrected chi connectivity index (χ4v) is 2.45. The van der Waals surface area contributed by atoms with Crippen LogP contribution in [0.3, 0.4) is 0 Å². The summed E-state index contributed by atoms with van der Waals surface area (Å²) in [6.45, 7) is 1.53. The fourth-order valence-electron chi connectivity index (χ4n) is 2.45. The van der Waals surface area contributed by atoms with Gasteiger partial charge in [0.1, 0.15) is 6.61 Å². The van der Waals surface area contributed by atoms with Crippen molar-refractivity contribution in [2.75, 3.05) is 11.9 Å². The van der Waals surface area contributed by atoms with Gasteiger partial charge in [0.2, 0.25) is 0 Å². The number of para-hydroxylation sites is 2. The number of anilines is 1. The second-order valence-corrected chi connectivity index (χ2v) is 4.73. The Morgan fingerprint density at radius 3 is 2.89 bits per heavy atom. The maximum Gasteiger partial charge on any atom is 0.161 e. The highest BCUT2D eigenvalue weighted by molar-refractivity contribution is 5.56. The van der Waals surface area contributed by atoms with Gasteiger partial charge in [-0.3, -0.25) is 0 Å². The Labute approximate surface area is 112 Å². The van der Waals surface area contributed by atoms with Gasteiger partial charge in [0.25, 0.3) is 0 Å². The average Bonchev–Trinajstić information content (AvgIpc) is 2.46. The van der Waals surface area contributed by atoms with E-state index in [1.54, 1.807) is 18.2 Å². The predicted molar refractivity (Wildman–Crippen MR) is 75.7 cm³/mol. The summed E-state index contributed by atoms with van der Waals surface area (Å²) >= 11 is 0. The van der Waals surface area contributed by atoms with Gasteiger partial charge in [0, 0.05) is 12.2 Å². The summed E-state index contributed by atoms with van der Waals surface area (Å²) < 4.78 is 5.71. The Hall–Kier alpha value is -2.16. The molecular weight excluding hydrogens is 238 g/mol. The Morgan fingerprint density at radius 2 is 2.00 bits per heavy atom. The minimum absolute atomic E-state index is 0.186. The van der Waals surface area contributed by atoms with Crippen molar-refractivity contribution < 1.29 is 9.84 Å². The number of fused-ring (bicyclic) bond motifs is 1. The molecule has 0 fully saturated rings. The highest BCUT2D eigenvalue weighted by atomic mass is 16.5. The van der Waals surface area contributed by atoms with Crippen LogP contribution in [0.5, 0.6) is 11.5 Å². The van der Waals surface area contributed by atoms with Crippen molar-refractivity contribution in [3.63, 3.8) is 0 Å². The van der Waals surface area contributed by atoms with E-state index in [1.807, 2.05) is 12.1 Å². The summed E-state index contributed by atoms with van der Waals surface area (Å²) in [7, 11) is 0. The van der Waals surface area contributed by atoms with Gasteiger partial charge < -0.3 is 15.2 Å². The summed E-state index contributed by atoms with van der Waals surface area (Å²) in [5.74, 6) is 0.717. The monoisotopic (exact) mass is 255 g/mol. The molecule has 3 nitrogen and oxygen atoms in total. The third kappa shape index (κ3) is 2.50. The first-order valence-electron chi connectivity index (χ1n) is 6.60. The summed E-state index contributed by atoms with van der Waals surface area (Å²) in [5.41, 5.74) is 3.74. The van der Waals surface area contributed by atoms with Gasteiger partial charge in [-0.15, -0.1) is 0 Å². The molecule has 1 aliphatic rings. The molecule has 3 rings (SSSR count). The number of phenolic OH excluding ortho intramolecular Hbond substituents is 1. The molecule has 2 aromatic carbocycles. The van der Waals surface area contributed by atoms with Crippen molar-refractivity contribution in [2.24, 2.45) is 0 Å².